The maximum absolute atomic E-state index is 13.1. The van der Waals surface area contributed by atoms with Crippen LogP contribution in [0.2, 0.25) is 0 Å². The molecule has 0 atom stereocenters. The minimum Gasteiger partial charge on any atom is -0.486 e. The van der Waals surface area contributed by atoms with Gasteiger partial charge in [-0.3, -0.25) is 9.59 Å². The second-order valence-electron chi connectivity index (χ2n) is 6.71. The Hall–Kier alpha value is -2.93. The molecule has 2 amide bonds. The zero-order chi connectivity index (χ0) is 20.1. The third-order valence-electron chi connectivity index (χ3n) is 4.69. The van der Waals surface area contributed by atoms with E-state index < -0.39 is 0 Å². The zero-order valence-electron chi connectivity index (χ0n) is 16.0. The lowest BCUT2D eigenvalue weighted by Gasteiger charge is -2.26. The molecule has 1 fully saturated rings. The van der Waals surface area contributed by atoms with Gasteiger partial charge < -0.3 is 19.3 Å². The summed E-state index contributed by atoms with van der Waals surface area (Å²) in [4.78, 5) is 28.3. The van der Waals surface area contributed by atoms with Crippen molar-refractivity contribution >= 4 is 35.3 Å². The number of thioether (sulfide) groups is 1. The van der Waals surface area contributed by atoms with Gasteiger partial charge in [-0.2, -0.15) is 0 Å². The lowest BCUT2D eigenvalue weighted by Crippen LogP contribution is -2.41. The van der Waals surface area contributed by atoms with E-state index in [1.165, 1.54) is 11.8 Å². The molecule has 2 aliphatic rings. The van der Waals surface area contributed by atoms with E-state index in [4.69, 9.17) is 9.47 Å². The Morgan fingerprint density at radius 1 is 1.10 bits per heavy atom. The monoisotopic (exact) mass is 410 g/mol. The van der Waals surface area contributed by atoms with Crippen LogP contribution in [0.25, 0.3) is 6.08 Å². The third-order valence-corrected chi connectivity index (χ3v) is 5.63. The van der Waals surface area contributed by atoms with Crippen molar-refractivity contribution in [1.29, 1.82) is 0 Å². The van der Waals surface area contributed by atoms with E-state index in [0.717, 1.165) is 11.3 Å². The van der Waals surface area contributed by atoms with Crippen LogP contribution < -0.4 is 14.4 Å². The van der Waals surface area contributed by atoms with Gasteiger partial charge in [-0.25, -0.2) is 0 Å². The van der Waals surface area contributed by atoms with Crippen LogP contribution in [0.3, 0.4) is 0 Å². The fourth-order valence-electron chi connectivity index (χ4n) is 3.20. The standard InChI is InChI=1S/C22H22N2O4S/c25-21(14-23-16-29-15-22(23)26)24(10-4-7-17-5-2-1-3-6-17)18-8-9-19-20(13-18)28-12-11-27-19/h1-9,13H,10-12,14-16H2. The molecule has 7 heteroatoms. The van der Waals surface area contributed by atoms with Crippen LogP contribution in [0.4, 0.5) is 5.69 Å². The molecule has 0 bridgehead atoms. The van der Waals surface area contributed by atoms with Crippen LogP contribution in [0.1, 0.15) is 5.56 Å². The summed E-state index contributed by atoms with van der Waals surface area (Å²) in [5.41, 5.74) is 1.78. The molecular weight excluding hydrogens is 388 g/mol. The highest BCUT2D eigenvalue weighted by molar-refractivity contribution is 8.00. The van der Waals surface area contributed by atoms with E-state index >= 15 is 0 Å². The Kier molecular flexibility index (Phi) is 6.05. The maximum Gasteiger partial charge on any atom is 0.246 e. The molecule has 6 nitrogen and oxygen atoms in total. The molecule has 0 aliphatic carbocycles. The molecule has 2 heterocycles. The van der Waals surface area contributed by atoms with E-state index in [9.17, 15) is 9.59 Å². The van der Waals surface area contributed by atoms with Gasteiger partial charge in [0.1, 0.15) is 19.8 Å². The van der Waals surface area contributed by atoms with Gasteiger partial charge in [0.15, 0.2) is 11.5 Å². The molecular formula is C22H22N2O4S. The van der Waals surface area contributed by atoms with Gasteiger partial charge >= 0.3 is 0 Å². The van der Waals surface area contributed by atoms with Crippen LogP contribution in [0.15, 0.2) is 54.6 Å². The Labute approximate surface area is 174 Å². The molecule has 0 radical (unpaired) electrons. The van der Waals surface area contributed by atoms with Crippen molar-refractivity contribution in [3.8, 4) is 11.5 Å². The highest BCUT2D eigenvalue weighted by Gasteiger charge is 2.26. The molecule has 29 heavy (non-hydrogen) atoms. The van der Waals surface area contributed by atoms with E-state index in [1.807, 2.05) is 60.7 Å². The normalized spacial score (nSPS) is 15.7. The van der Waals surface area contributed by atoms with Crippen molar-refractivity contribution in [3.63, 3.8) is 0 Å². The SMILES string of the molecule is O=C1CSCN1CC(=O)N(CC=Cc1ccccc1)c1ccc2c(c1)OCCO2. The lowest BCUT2D eigenvalue weighted by atomic mass is 10.2. The van der Waals surface area contributed by atoms with Gasteiger partial charge in [-0.05, 0) is 17.7 Å². The predicted molar refractivity (Wildman–Crippen MR) is 114 cm³/mol. The number of carbonyl (C=O) groups is 2. The quantitative estimate of drug-likeness (QED) is 0.733. The molecule has 0 saturated carbocycles. The molecule has 0 unspecified atom stereocenters. The summed E-state index contributed by atoms with van der Waals surface area (Å²) < 4.78 is 11.3. The van der Waals surface area contributed by atoms with Crippen molar-refractivity contribution in [3.05, 3.63) is 60.2 Å². The summed E-state index contributed by atoms with van der Waals surface area (Å²) in [5, 5.41) is 0. The van der Waals surface area contributed by atoms with Gasteiger partial charge in [-0.15, -0.1) is 11.8 Å². The molecule has 0 spiro atoms. The van der Waals surface area contributed by atoms with Crippen molar-refractivity contribution < 1.29 is 19.1 Å². The highest BCUT2D eigenvalue weighted by Crippen LogP contribution is 2.34. The van der Waals surface area contributed by atoms with Gasteiger partial charge in [0, 0.05) is 18.3 Å². The smallest absolute Gasteiger partial charge is 0.246 e. The van der Waals surface area contributed by atoms with Gasteiger partial charge in [0.2, 0.25) is 11.8 Å². The average molecular weight is 410 g/mol. The number of anilines is 1. The number of carbonyl (C=O) groups excluding carboxylic acids is 2. The average Bonchev–Trinajstić information content (AvgIpc) is 3.16. The Morgan fingerprint density at radius 3 is 2.66 bits per heavy atom. The number of rotatable bonds is 6. The molecule has 150 valence electrons. The number of amides is 2. The Balaban J connectivity index is 1.55. The van der Waals surface area contributed by atoms with Crippen LogP contribution >= 0.6 is 11.8 Å². The van der Waals surface area contributed by atoms with Crippen LogP contribution in [-0.2, 0) is 9.59 Å². The number of benzene rings is 2. The number of fused-ring (bicyclic) bond motifs is 1. The van der Waals surface area contributed by atoms with E-state index in [-0.39, 0.29) is 18.4 Å². The van der Waals surface area contributed by atoms with E-state index in [0.29, 0.717) is 42.9 Å². The predicted octanol–water partition coefficient (Wildman–Crippen LogP) is 3.04. The van der Waals surface area contributed by atoms with Gasteiger partial charge in [-0.1, -0.05) is 42.5 Å². The summed E-state index contributed by atoms with van der Waals surface area (Å²) in [6, 6.07) is 15.4. The molecule has 0 aromatic heterocycles. The first-order valence-corrected chi connectivity index (χ1v) is 10.6. The number of nitrogens with zero attached hydrogens (tertiary/aromatic N) is 2. The van der Waals surface area contributed by atoms with Crippen molar-refractivity contribution in [2.75, 3.05) is 42.8 Å². The van der Waals surface area contributed by atoms with Crippen LogP contribution in [0.5, 0.6) is 11.5 Å². The number of hydrogen-bond donors (Lipinski definition) is 0. The number of hydrogen-bond acceptors (Lipinski definition) is 5. The van der Waals surface area contributed by atoms with Crippen molar-refractivity contribution in [2.45, 2.75) is 0 Å². The summed E-state index contributed by atoms with van der Waals surface area (Å²) in [7, 11) is 0. The Bertz CT molecular complexity index is 916. The van der Waals surface area contributed by atoms with Gasteiger partial charge in [0.25, 0.3) is 0 Å². The second kappa shape index (κ2) is 9.05. The zero-order valence-corrected chi connectivity index (χ0v) is 16.8. The fourth-order valence-corrected chi connectivity index (χ4v) is 4.10. The van der Waals surface area contributed by atoms with Crippen molar-refractivity contribution in [1.82, 2.24) is 4.90 Å². The topological polar surface area (TPSA) is 59.1 Å². The molecule has 2 aromatic rings. The third kappa shape index (κ3) is 4.74. The van der Waals surface area contributed by atoms with Crippen molar-refractivity contribution in [2.24, 2.45) is 0 Å². The molecule has 0 N–H and O–H groups in total. The first-order valence-electron chi connectivity index (χ1n) is 9.48. The number of ether oxygens (including phenoxy) is 2. The second-order valence-corrected chi connectivity index (χ2v) is 7.67. The maximum atomic E-state index is 13.1. The fraction of sp³-hybridized carbons (Fsp3) is 0.273. The molecule has 1 saturated heterocycles. The summed E-state index contributed by atoms with van der Waals surface area (Å²) in [6.45, 7) is 1.46. The molecule has 4 rings (SSSR count). The lowest BCUT2D eigenvalue weighted by molar-refractivity contribution is -0.131. The van der Waals surface area contributed by atoms with Gasteiger partial charge in [0.05, 0.1) is 11.6 Å². The minimum atomic E-state index is -0.129. The van der Waals surface area contributed by atoms with Crippen LogP contribution in [0, 0.1) is 0 Å². The van der Waals surface area contributed by atoms with E-state index in [2.05, 4.69) is 0 Å². The summed E-state index contributed by atoms with van der Waals surface area (Å²) in [6.07, 6.45) is 3.93. The summed E-state index contributed by atoms with van der Waals surface area (Å²) >= 11 is 1.53. The molecule has 2 aliphatic heterocycles. The first kappa shape index (κ1) is 19.4. The van der Waals surface area contributed by atoms with E-state index in [1.54, 1.807) is 9.80 Å². The molecule has 2 aromatic carbocycles. The first-order chi connectivity index (χ1) is 14.2. The Morgan fingerprint density at radius 2 is 1.90 bits per heavy atom. The highest BCUT2D eigenvalue weighted by atomic mass is 32.2. The largest absolute Gasteiger partial charge is 0.486 e. The minimum absolute atomic E-state index is 0.00491. The van der Waals surface area contributed by atoms with Crippen LogP contribution in [-0.4, -0.2) is 54.6 Å². The summed E-state index contributed by atoms with van der Waals surface area (Å²) in [5.74, 6) is 2.18.